The number of nitrogens with one attached hydrogen (secondary N) is 2. The van der Waals surface area contributed by atoms with Gasteiger partial charge in [0.15, 0.2) is 0 Å². The standard InChI is InChI=1S/C19H28N3O3/c1-3-4-5-6-7-8-18(24)22-16(13-17(20)23)19(25)21-15-11-9-14(2)10-12-15/h9-12,16H,2-8,13H2,1H3,(H2,20,23)(H,21,25)(H,22,24)/t16-/m1/s1. The highest BCUT2D eigenvalue weighted by Crippen LogP contribution is 2.10. The minimum atomic E-state index is -0.972. The first-order valence-electron chi connectivity index (χ1n) is 8.73. The average Bonchev–Trinajstić information content (AvgIpc) is 2.55. The zero-order valence-electron chi connectivity index (χ0n) is 14.8. The van der Waals surface area contributed by atoms with Crippen LogP contribution in [0.3, 0.4) is 0 Å². The van der Waals surface area contributed by atoms with E-state index in [1.54, 1.807) is 24.3 Å². The lowest BCUT2D eigenvalue weighted by atomic mass is 10.1. The molecule has 0 heterocycles. The van der Waals surface area contributed by atoms with Crippen molar-refractivity contribution in [3.05, 3.63) is 36.8 Å². The van der Waals surface area contributed by atoms with Crippen molar-refractivity contribution in [1.82, 2.24) is 5.32 Å². The lowest BCUT2D eigenvalue weighted by Gasteiger charge is -2.17. The van der Waals surface area contributed by atoms with Gasteiger partial charge in [0.2, 0.25) is 17.7 Å². The van der Waals surface area contributed by atoms with Crippen molar-refractivity contribution >= 4 is 23.4 Å². The number of hydrogen-bond donors (Lipinski definition) is 3. The molecule has 1 aromatic rings. The van der Waals surface area contributed by atoms with Gasteiger partial charge in [0.05, 0.1) is 6.42 Å². The molecule has 0 saturated heterocycles. The molecule has 1 aromatic carbocycles. The fourth-order valence-corrected chi connectivity index (χ4v) is 2.38. The summed E-state index contributed by atoms with van der Waals surface area (Å²) in [5.74, 6) is -1.35. The Morgan fingerprint density at radius 1 is 1.08 bits per heavy atom. The molecule has 6 nitrogen and oxygen atoms in total. The van der Waals surface area contributed by atoms with Gasteiger partial charge in [-0.05, 0) is 31.0 Å². The maximum Gasteiger partial charge on any atom is 0.247 e. The van der Waals surface area contributed by atoms with E-state index in [4.69, 9.17) is 5.73 Å². The van der Waals surface area contributed by atoms with E-state index in [1.165, 1.54) is 0 Å². The smallest absolute Gasteiger partial charge is 0.247 e. The van der Waals surface area contributed by atoms with Crippen molar-refractivity contribution in [2.45, 2.75) is 57.9 Å². The summed E-state index contributed by atoms with van der Waals surface area (Å²) in [6.07, 6.45) is 5.23. The summed E-state index contributed by atoms with van der Waals surface area (Å²) in [6, 6.07) is 5.95. The van der Waals surface area contributed by atoms with Gasteiger partial charge in [-0.1, -0.05) is 44.7 Å². The van der Waals surface area contributed by atoms with Crippen LogP contribution in [0.4, 0.5) is 5.69 Å². The van der Waals surface area contributed by atoms with E-state index in [-0.39, 0.29) is 12.3 Å². The Bertz CT molecular complexity index is 570. The zero-order chi connectivity index (χ0) is 18.7. The number of amides is 3. The molecular formula is C19H28N3O3. The van der Waals surface area contributed by atoms with Crippen LogP contribution in [0.15, 0.2) is 24.3 Å². The Labute approximate surface area is 149 Å². The van der Waals surface area contributed by atoms with Gasteiger partial charge in [-0.15, -0.1) is 0 Å². The van der Waals surface area contributed by atoms with E-state index < -0.39 is 17.9 Å². The average molecular weight is 346 g/mol. The van der Waals surface area contributed by atoms with Crippen LogP contribution in [-0.2, 0) is 14.4 Å². The second-order valence-corrected chi connectivity index (χ2v) is 6.14. The first kappa shape index (κ1) is 20.7. The van der Waals surface area contributed by atoms with Gasteiger partial charge in [0.25, 0.3) is 0 Å². The number of unbranched alkanes of at least 4 members (excludes halogenated alkanes) is 4. The van der Waals surface area contributed by atoms with Gasteiger partial charge in [-0.2, -0.15) is 0 Å². The zero-order valence-corrected chi connectivity index (χ0v) is 14.8. The molecule has 0 saturated carbocycles. The molecule has 0 aliphatic rings. The third-order valence-corrected chi connectivity index (χ3v) is 3.79. The summed E-state index contributed by atoms with van der Waals surface area (Å²) in [6.45, 7) is 5.90. The molecular weight excluding hydrogens is 318 g/mol. The van der Waals surface area contributed by atoms with Crippen LogP contribution >= 0.6 is 0 Å². The Kier molecular flexibility index (Phi) is 9.29. The Hall–Kier alpha value is -2.37. The normalized spacial score (nSPS) is 11.6. The summed E-state index contributed by atoms with van der Waals surface area (Å²) < 4.78 is 0. The molecule has 0 fully saturated rings. The molecule has 0 aliphatic heterocycles. The molecule has 1 rings (SSSR count). The minimum absolute atomic E-state index is 0.235. The third-order valence-electron chi connectivity index (χ3n) is 3.79. The summed E-state index contributed by atoms with van der Waals surface area (Å²) in [5.41, 5.74) is 6.59. The minimum Gasteiger partial charge on any atom is -0.370 e. The molecule has 0 spiro atoms. The van der Waals surface area contributed by atoms with Crippen LogP contribution in [0.1, 0.15) is 57.4 Å². The number of hydrogen-bond acceptors (Lipinski definition) is 3. The number of nitrogens with two attached hydrogens (primary N) is 1. The van der Waals surface area contributed by atoms with E-state index >= 15 is 0 Å². The highest BCUT2D eigenvalue weighted by Gasteiger charge is 2.22. The largest absolute Gasteiger partial charge is 0.370 e. The van der Waals surface area contributed by atoms with Crippen LogP contribution in [0.5, 0.6) is 0 Å². The molecule has 0 aromatic heterocycles. The Balaban J connectivity index is 2.54. The van der Waals surface area contributed by atoms with Crippen molar-refractivity contribution in [2.24, 2.45) is 5.73 Å². The predicted molar refractivity (Wildman–Crippen MR) is 98.6 cm³/mol. The quantitative estimate of drug-likeness (QED) is 0.537. The van der Waals surface area contributed by atoms with Crippen molar-refractivity contribution < 1.29 is 14.4 Å². The van der Waals surface area contributed by atoms with E-state index in [0.717, 1.165) is 37.7 Å². The topological polar surface area (TPSA) is 101 Å². The number of rotatable bonds is 11. The van der Waals surface area contributed by atoms with Gasteiger partial charge < -0.3 is 16.4 Å². The van der Waals surface area contributed by atoms with Crippen LogP contribution in [0, 0.1) is 6.92 Å². The molecule has 137 valence electrons. The van der Waals surface area contributed by atoms with Crippen molar-refractivity contribution in [3.63, 3.8) is 0 Å². The van der Waals surface area contributed by atoms with Crippen LogP contribution in [-0.4, -0.2) is 23.8 Å². The summed E-state index contributed by atoms with van der Waals surface area (Å²) in [5, 5.41) is 5.28. The van der Waals surface area contributed by atoms with Gasteiger partial charge in [-0.25, -0.2) is 0 Å². The highest BCUT2D eigenvalue weighted by molar-refractivity contribution is 5.99. The first-order chi connectivity index (χ1) is 11.9. The monoisotopic (exact) mass is 346 g/mol. The van der Waals surface area contributed by atoms with Crippen molar-refractivity contribution in [1.29, 1.82) is 0 Å². The van der Waals surface area contributed by atoms with E-state index in [0.29, 0.717) is 12.1 Å². The fraction of sp³-hybridized carbons (Fsp3) is 0.474. The predicted octanol–water partition coefficient (Wildman–Crippen LogP) is 2.53. The second kappa shape index (κ2) is 11.2. The Morgan fingerprint density at radius 2 is 1.72 bits per heavy atom. The fourth-order valence-electron chi connectivity index (χ4n) is 2.38. The number of carbonyl (C=O) groups is 3. The molecule has 3 amide bonds. The summed E-state index contributed by atoms with van der Waals surface area (Å²) in [4.78, 5) is 35.6. The van der Waals surface area contributed by atoms with Crippen LogP contribution in [0.2, 0.25) is 0 Å². The van der Waals surface area contributed by atoms with E-state index in [1.807, 2.05) is 0 Å². The van der Waals surface area contributed by atoms with Gasteiger partial charge in [-0.3, -0.25) is 14.4 Å². The molecule has 6 heteroatoms. The number of primary amides is 1. The molecule has 0 unspecified atom stereocenters. The van der Waals surface area contributed by atoms with E-state index in [9.17, 15) is 14.4 Å². The second-order valence-electron chi connectivity index (χ2n) is 6.14. The maximum atomic E-state index is 12.3. The van der Waals surface area contributed by atoms with Crippen LogP contribution in [0.25, 0.3) is 0 Å². The first-order valence-corrected chi connectivity index (χ1v) is 8.73. The maximum absolute atomic E-state index is 12.3. The van der Waals surface area contributed by atoms with Crippen molar-refractivity contribution in [2.75, 3.05) is 5.32 Å². The Morgan fingerprint density at radius 3 is 2.32 bits per heavy atom. The van der Waals surface area contributed by atoms with Crippen LogP contribution < -0.4 is 16.4 Å². The number of carbonyl (C=O) groups excluding carboxylic acids is 3. The van der Waals surface area contributed by atoms with Gasteiger partial charge >= 0.3 is 0 Å². The third kappa shape index (κ3) is 8.88. The molecule has 25 heavy (non-hydrogen) atoms. The van der Waals surface area contributed by atoms with Gasteiger partial charge in [0.1, 0.15) is 6.04 Å². The molecule has 0 aliphatic carbocycles. The number of anilines is 1. The molecule has 0 bridgehead atoms. The van der Waals surface area contributed by atoms with Gasteiger partial charge in [0, 0.05) is 12.1 Å². The van der Waals surface area contributed by atoms with Crippen molar-refractivity contribution in [3.8, 4) is 0 Å². The molecule has 4 N–H and O–H groups in total. The highest BCUT2D eigenvalue weighted by atomic mass is 16.2. The summed E-state index contributed by atoms with van der Waals surface area (Å²) >= 11 is 0. The number of benzene rings is 1. The molecule has 1 radical (unpaired) electrons. The van der Waals surface area contributed by atoms with E-state index in [2.05, 4.69) is 24.5 Å². The summed E-state index contributed by atoms with van der Waals surface area (Å²) in [7, 11) is 0. The molecule has 1 atom stereocenters. The lowest BCUT2D eigenvalue weighted by Crippen LogP contribution is -2.46. The SMILES string of the molecule is [CH2]c1ccc(NC(=O)[C@@H](CC(N)=O)NC(=O)CCCCCCC)cc1. The lowest BCUT2D eigenvalue weighted by molar-refractivity contribution is -0.128.